The van der Waals surface area contributed by atoms with Crippen LogP contribution in [-0.2, 0) is 0 Å². The van der Waals surface area contributed by atoms with Gasteiger partial charge in [-0.05, 0) is 66.9 Å². The molecular formula is C32H29N3O3. The molecule has 0 spiro atoms. The van der Waals surface area contributed by atoms with E-state index in [0.29, 0.717) is 36.3 Å². The molecular weight excluding hydrogens is 474 g/mol. The second-order valence-corrected chi connectivity index (χ2v) is 10.0. The molecule has 6 nitrogen and oxygen atoms in total. The normalized spacial score (nSPS) is 18.1. The van der Waals surface area contributed by atoms with E-state index in [1.54, 1.807) is 29.2 Å². The van der Waals surface area contributed by atoms with Crippen LogP contribution in [0.3, 0.4) is 0 Å². The first kappa shape index (κ1) is 23.9. The molecule has 0 radical (unpaired) electrons. The average Bonchev–Trinajstić information content (AvgIpc) is 3.33. The number of aryl methyl sites for hydroxylation is 1. The molecule has 0 aliphatic carbocycles. The summed E-state index contributed by atoms with van der Waals surface area (Å²) in [5, 5.41) is 13.2. The SMILES string of the molecule is Cc1ccc(-c2ccccc2C(=O)Nc2ccc(C(=O)N3CC4CC(O)CN4c4ccccc43)cc2)cc1. The molecule has 2 aliphatic rings. The predicted molar refractivity (Wildman–Crippen MR) is 151 cm³/mol. The largest absolute Gasteiger partial charge is 0.391 e. The molecule has 2 amide bonds. The number of carbonyl (C=O) groups is 2. The third kappa shape index (κ3) is 4.44. The van der Waals surface area contributed by atoms with Crippen molar-refractivity contribution in [1.82, 2.24) is 0 Å². The fraction of sp³-hybridized carbons (Fsp3) is 0.188. The highest BCUT2D eigenvalue weighted by atomic mass is 16.3. The fourth-order valence-corrected chi connectivity index (χ4v) is 5.51. The van der Waals surface area contributed by atoms with Crippen molar-refractivity contribution in [1.29, 1.82) is 0 Å². The van der Waals surface area contributed by atoms with E-state index >= 15 is 0 Å². The van der Waals surface area contributed by atoms with Crippen molar-refractivity contribution in [3.63, 3.8) is 0 Å². The zero-order valence-corrected chi connectivity index (χ0v) is 21.2. The highest BCUT2D eigenvalue weighted by Crippen LogP contribution is 2.40. The quantitative estimate of drug-likeness (QED) is 0.385. The summed E-state index contributed by atoms with van der Waals surface area (Å²) >= 11 is 0. The van der Waals surface area contributed by atoms with Gasteiger partial charge in [0, 0.05) is 35.9 Å². The number of carbonyl (C=O) groups excluding carboxylic acids is 2. The summed E-state index contributed by atoms with van der Waals surface area (Å²) in [5.41, 5.74) is 6.60. The molecule has 38 heavy (non-hydrogen) atoms. The monoisotopic (exact) mass is 503 g/mol. The summed E-state index contributed by atoms with van der Waals surface area (Å²) in [7, 11) is 0. The van der Waals surface area contributed by atoms with Crippen LogP contribution in [0.15, 0.2) is 97.1 Å². The van der Waals surface area contributed by atoms with E-state index in [1.807, 2.05) is 79.7 Å². The minimum absolute atomic E-state index is 0.0935. The van der Waals surface area contributed by atoms with Crippen molar-refractivity contribution in [2.45, 2.75) is 25.5 Å². The molecule has 0 aromatic heterocycles. The smallest absolute Gasteiger partial charge is 0.258 e. The number of nitrogens with zero attached hydrogens (tertiary/aromatic N) is 2. The van der Waals surface area contributed by atoms with Gasteiger partial charge in [-0.3, -0.25) is 9.59 Å². The number of para-hydroxylation sites is 2. The first-order valence-electron chi connectivity index (χ1n) is 12.9. The number of benzene rings is 4. The fourth-order valence-electron chi connectivity index (χ4n) is 5.51. The van der Waals surface area contributed by atoms with E-state index in [4.69, 9.17) is 0 Å². The van der Waals surface area contributed by atoms with E-state index in [0.717, 1.165) is 28.1 Å². The van der Waals surface area contributed by atoms with Gasteiger partial charge in [0.1, 0.15) is 0 Å². The Hall–Kier alpha value is -4.42. The number of fused-ring (bicyclic) bond motifs is 3. The molecule has 2 N–H and O–H groups in total. The Morgan fingerprint density at radius 2 is 1.50 bits per heavy atom. The van der Waals surface area contributed by atoms with Gasteiger partial charge in [0.25, 0.3) is 11.8 Å². The molecule has 2 aliphatic heterocycles. The van der Waals surface area contributed by atoms with Gasteiger partial charge in [0.15, 0.2) is 0 Å². The summed E-state index contributed by atoms with van der Waals surface area (Å²) in [6.45, 7) is 3.15. The number of amides is 2. The molecule has 6 rings (SSSR count). The molecule has 1 fully saturated rings. The van der Waals surface area contributed by atoms with Crippen molar-refractivity contribution in [2.75, 3.05) is 28.2 Å². The van der Waals surface area contributed by atoms with Gasteiger partial charge in [-0.15, -0.1) is 0 Å². The summed E-state index contributed by atoms with van der Waals surface area (Å²) < 4.78 is 0. The minimum atomic E-state index is -0.387. The van der Waals surface area contributed by atoms with Crippen LogP contribution in [0.1, 0.15) is 32.7 Å². The second-order valence-electron chi connectivity index (χ2n) is 10.0. The van der Waals surface area contributed by atoms with E-state index in [1.165, 1.54) is 0 Å². The molecule has 0 saturated carbocycles. The molecule has 4 aromatic rings. The van der Waals surface area contributed by atoms with Gasteiger partial charge in [0.05, 0.1) is 17.5 Å². The maximum atomic E-state index is 13.6. The van der Waals surface area contributed by atoms with Crippen LogP contribution in [-0.4, -0.2) is 42.2 Å². The molecule has 190 valence electrons. The Morgan fingerprint density at radius 3 is 2.26 bits per heavy atom. The Morgan fingerprint density at radius 1 is 0.816 bits per heavy atom. The summed E-state index contributed by atoms with van der Waals surface area (Å²) in [5.74, 6) is -0.300. The number of hydrogen-bond acceptors (Lipinski definition) is 4. The molecule has 1 saturated heterocycles. The number of nitrogens with one attached hydrogen (secondary N) is 1. The van der Waals surface area contributed by atoms with Gasteiger partial charge in [0.2, 0.25) is 0 Å². The van der Waals surface area contributed by atoms with E-state index in [9.17, 15) is 14.7 Å². The lowest BCUT2D eigenvalue weighted by Crippen LogP contribution is -2.48. The third-order valence-electron chi connectivity index (χ3n) is 7.44. The van der Waals surface area contributed by atoms with E-state index in [2.05, 4.69) is 10.2 Å². The van der Waals surface area contributed by atoms with Crippen LogP contribution in [0.5, 0.6) is 0 Å². The lowest BCUT2D eigenvalue weighted by Gasteiger charge is -2.40. The molecule has 2 unspecified atom stereocenters. The standard InChI is InChI=1S/C32H29N3O3/c1-21-10-12-22(13-11-21)27-6-2-3-7-28(27)31(37)33-24-16-14-23(15-17-24)32(38)35-19-25-18-26(36)20-34(25)29-8-4-5-9-30(29)35/h2-17,25-26,36H,18-20H2,1H3,(H,33,37). The van der Waals surface area contributed by atoms with Crippen LogP contribution >= 0.6 is 0 Å². The molecule has 0 bridgehead atoms. The zero-order valence-electron chi connectivity index (χ0n) is 21.2. The van der Waals surface area contributed by atoms with Gasteiger partial charge in [-0.25, -0.2) is 0 Å². The van der Waals surface area contributed by atoms with Gasteiger partial charge in [-0.1, -0.05) is 60.2 Å². The van der Waals surface area contributed by atoms with Crippen molar-refractivity contribution in [2.24, 2.45) is 0 Å². The summed E-state index contributed by atoms with van der Waals surface area (Å²) in [6.07, 6.45) is 0.259. The molecule has 2 atom stereocenters. The number of aliphatic hydroxyl groups excluding tert-OH is 1. The van der Waals surface area contributed by atoms with Crippen molar-refractivity contribution in [3.8, 4) is 11.1 Å². The highest BCUT2D eigenvalue weighted by molar-refractivity contribution is 6.10. The summed E-state index contributed by atoms with van der Waals surface area (Å²) in [6, 6.07) is 30.6. The topological polar surface area (TPSA) is 72.9 Å². The van der Waals surface area contributed by atoms with Crippen molar-refractivity contribution in [3.05, 3.63) is 114 Å². The van der Waals surface area contributed by atoms with Crippen LogP contribution < -0.4 is 15.1 Å². The third-order valence-corrected chi connectivity index (χ3v) is 7.44. The van der Waals surface area contributed by atoms with Crippen LogP contribution in [0.2, 0.25) is 0 Å². The zero-order chi connectivity index (χ0) is 26.2. The molecule has 6 heteroatoms. The van der Waals surface area contributed by atoms with Gasteiger partial charge < -0.3 is 20.2 Å². The second kappa shape index (κ2) is 9.80. The highest BCUT2D eigenvalue weighted by Gasteiger charge is 2.39. The maximum absolute atomic E-state index is 13.6. The van der Waals surface area contributed by atoms with Crippen molar-refractivity contribution >= 4 is 28.9 Å². The van der Waals surface area contributed by atoms with Crippen molar-refractivity contribution < 1.29 is 14.7 Å². The predicted octanol–water partition coefficient (Wildman–Crippen LogP) is 5.51. The number of anilines is 3. The summed E-state index contributed by atoms with van der Waals surface area (Å²) in [4.78, 5) is 30.8. The minimum Gasteiger partial charge on any atom is -0.391 e. The van der Waals surface area contributed by atoms with Crippen LogP contribution in [0.4, 0.5) is 17.1 Å². The van der Waals surface area contributed by atoms with E-state index in [-0.39, 0.29) is 24.0 Å². The molecule has 2 heterocycles. The Balaban J connectivity index is 1.21. The Bertz CT molecular complexity index is 1500. The first-order valence-corrected chi connectivity index (χ1v) is 12.9. The Labute approximate surface area is 222 Å². The van der Waals surface area contributed by atoms with Crippen LogP contribution in [0, 0.1) is 6.92 Å². The maximum Gasteiger partial charge on any atom is 0.258 e. The van der Waals surface area contributed by atoms with Gasteiger partial charge in [-0.2, -0.15) is 0 Å². The number of aliphatic hydroxyl groups is 1. The van der Waals surface area contributed by atoms with E-state index < -0.39 is 0 Å². The first-order chi connectivity index (χ1) is 18.5. The lowest BCUT2D eigenvalue weighted by molar-refractivity contribution is 0.0982. The number of rotatable bonds is 4. The van der Waals surface area contributed by atoms with Crippen LogP contribution in [0.25, 0.3) is 11.1 Å². The molecule has 4 aromatic carbocycles. The average molecular weight is 504 g/mol. The lowest BCUT2D eigenvalue weighted by atomic mass is 9.98. The number of hydrogen-bond donors (Lipinski definition) is 2. The van der Waals surface area contributed by atoms with Gasteiger partial charge >= 0.3 is 0 Å². The Kier molecular flexibility index (Phi) is 6.18.